The Morgan fingerprint density at radius 2 is 1.17 bits per heavy atom. The van der Waals surface area contributed by atoms with Crippen LogP contribution in [0.25, 0.3) is 60.8 Å². The van der Waals surface area contributed by atoms with Gasteiger partial charge in [-0.1, -0.05) is 81.4 Å². The largest absolute Gasteiger partial charge is 0.341 e. The molecule has 0 unspecified atom stereocenters. The molecule has 0 spiro atoms. The maximum Gasteiger partial charge on any atom is 0.131 e. The Bertz CT molecular complexity index is 2450. The fraction of sp³-hybridized carbons (Fsp3) is 0.146. The highest BCUT2D eigenvalue weighted by Gasteiger charge is 2.25. The van der Waals surface area contributed by atoms with E-state index in [-0.39, 0.29) is 5.41 Å². The number of para-hydroxylation sites is 3. The molecule has 0 fully saturated rings. The zero-order valence-electron chi connectivity index (χ0n) is 27.1. The predicted molar refractivity (Wildman–Crippen MR) is 195 cm³/mol. The summed E-state index contributed by atoms with van der Waals surface area (Å²) < 4.78 is 6.78. The van der Waals surface area contributed by atoms with Crippen molar-refractivity contribution >= 4 is 55.1 Å². The van der Waals surface area contributed by atoms with Gasteiger partial charge in [0, 0.05) is 58.6 Å². The molecule has 9 rings (SSSR count). The maximum atomic E-state index is 4.58. The van der Waals surface area contributed by atoms with Crippen molar-refractivity contribution in [2.24, 2.45) is 0 Å². The van der Waals surface area contributed by atoms with Crippen molar-refractivity contribution in [3.05, 3.63) is 139 Å². The zero-order valence-corrected chi connectivity index (χ0v) is 27.1. The van der Waals surface area contributed by atoms with Gasteiger partial charge in [0.1, 0.15) is 5.82 Å². The number of fused-ring (bicyclic) bond motifs is 6. The average Bonchev–Trinajstić information content (AvgIpc) is 3.88. The minimum absolute atomic E-state index is 0.0318. The van der Waals surface area contributed by atoms with Crippen LogP contribution in [0, 0.1) is 0 Å². The molecular formula is C41H36N6. The first-order chi connectivity index (χ1) is 22.8. The number of hydrogen-bond donors (Lipinski definition) is 0. The third-order valence-electron chi connectivity index (χ3n) is 9.62. The monoisotopic (exact) mass is 612 g/mol. The number of benzene rings is 5. The summed E-state index contributed by atoms with van der Waals surface area (Å²) in [4.78, 5) is 4.70. The molecular weight excluding hydrogens is 576 g/mol. The van der Waals surface area contributed by atoms with E-state index < -0.39 is 0 Å². The van der Waals surface area contributed by atoms with Crippen molar-refractivity contribution < 1.29 is 0 Å². The van der Waals surface area contributed by atoms with Gasteiger partial charge in [-0.25, -0.2) is 4.68 Å². The highest BCUT2D eigenvalue weighted by molar-refractivity contribution is 6.11. The van der Waals surface area contributed by atoms with Crippen LogP contribution in [0.2, 0.25) is 0 Å². The lowest BCUT2D eigenvalue weighted by Gasteiger charge is -2.22. The number of anilines is 1. The van der Waals surface area contributed by atoms with Gasteiger partial charge in [0.2, 0.25) is 0 Å². The summed E-state index contributed by atoms with van der Waals surface area (Å²) in [7, 11) is 2.18. The number of hydrogen-bond acceptors (Lipinski definition) is 3. The number of aromatic nitrogens is 4. The lowest BCUT2D eigenvalue weighted by Crippen LogP contribution is -2.24. The van der Waals surface area contributed by atoms with Gasteiger partial charge in [-0.3, -0.25) is 4.57 Å². The molecule has 0 N–H and O–H groups in total. The van der Waals surface area contributed by atoms with E-state index in [0.717, 1.165) is 29.6 Å². The van der Waals surface area contributed by atoms with E-state index in [1.165, 1.54) is 49.2 Å². The van der Waals surface area contributed by atoms with Crippen LogP contribution in [-0.2, 0) is 5.41 Å². The summed E-state index contributed by atoms with van der Waals surface area (Å²) in [5.41, 5.74) is 9.39. The number of nitrogens with zero attached hydrogens (tertiary/aromatic N) is 6. The van der Waals surface area contributed by atoms with Gasteiger partial charge in [-0.05, 0) is 65.6 Å². The van der Waals surface area contributed by atoms with Crippen molar-refractivity contribution in [2.45, 2.75) is 26.2 Å². The van der Waals surface area contributed by atoms with Crippen LogP contribution >= 0.6 is 0 Å². The third-order valence-corrected chi connectivity index (χ3v) is 9.62. The van der Waals surface area contributed by atoms with E-state index in [9.17, 15) is 0 Å². The Hall–Kier alpha value is -5.75. The molecule has 230 valence electrons. The second-order valence-corrected chi connectivity index (χ2v) is 13.7. The first kappa shape index (κ1) is 27.6. The molecule has 0 saturated carbocycles. The van der Waals surface area contributed by atoms with Crippen LogP contribution < -0.4 is 4.90 Å². The van der Waals surface area contributed by atoms with Crippen LogP contribution in [-0.4, -0.2) is 37.5 Å². The van der Waals surface area contributed by atoms with E-state index in [4.69, 9.17) is 0 Å². The molecule has 0 radical (unpaired) electrons. The van der Waals surface area contributed by atoms with Crippen molar-refractivity contribution in [1.29, 1.82) is 0 Å². The highest BCUT2D eigenvalue weighted by atomic mass is 15.4. The smallest absolute Gasteiger partial charge is 0.131 e. The minimum Gasteiger partial charge on any atom is -0.341 e. The van der Waals surface area contributed by atoms with Gasteiger partial charge in [0.25, 0.3) is 0 Å². The Kier molecular flexibility index (Phi) is 5.94. The normalized spacial score (nSPS) is 13.9. The lowest BCUT2D eigenvalue weighted by atomic mass is 9.86. The molecule has 4 heterocycles. The van der Waals surface area contributed by atoms with Crippen molar-refractivity contribution in [1.82, 2.24) is 23.8 Å². The van der Waals surface area contributed by atoms with Crippen molar-refractivity contribution in [3.8, 4) is 11.4 Å². The van der Waals surface area contributed by atoms with Crippen LogP contribution in [0.4, 0.5) is 5.69 Å². The molecule has 0 amide bonds. The Balaban J connectivity index is 1.23. The fourth-order valence-electron chi connectivity index (χ4n) is 7.26. The fourth-order valence-corrected chi connectivity index (χ4v) is 7.26. The van der Waals surface area contributed by atoms with E-state index in [0.29, 0.717) is 0 Å². The third kappa shape index (κ3) is 4.28. The summed E-state index contributed by atoms with van der Waals surface area (Å²) in [6.07, 6.45) is 6.15. The van der Waals surface area contributed by atoms with E-state index in [2.05, 4.69) is 167 Å². The maximum absolute atomic E-state index is 4.58. The Morgan fingerprint density at radius 1 is 0.574 bits per heavy atom. The second-order valence-electron chi connectivity index (χ2n) is 13.7. The molecule has 6 nitrogen and oxygen atoms in total. The SMILES string of the molecule is CN1CN(c2ccc3c4ccccc4n(-c4cc(-n5cccn5)cc(C(C)(C)C)c4)c3c2)C=C1n1c2ccccc2c2ccccc21. The van der Waals surface area contributed by atoms with Gasteiger partial charge in [-0.2, -0.15) is 5.10 Å². The van der Waals surface area contributed by atoms with Crippen LogP contribution in [0.5, 0.6) is 0 Å². The first-order valence-corrected chi connectivity index (χ1v) is 16.2. The van der Waals surface area contributed by atoms with Crippen molar-refractivity contribution in [2.75, 3.05) is 18.6 Å². The number of rotatable bonds is 4. The first-order valence-electron chi connectivity index (χ1n) is 16.2. The minimum atomic E-state index is -0.0318. The van der Waals surface area contributed by atoms with E-state index in [1.54, 1.807) is 0 Å². The molecule has 1 aliphatic rings. The summed E-state index contributed by atoms with van der Waals surface area (Å²) in [5.74, 6) is 1.16. The summed E-state index contributed by atoms with van der Waals surface area (Å²) in [5, 5.41) is 9.62. The molecule has 0 saturated heterocycles. The molecule has 0 atom stereocenters. The molecule has 3 aromatic heterocycles. The quantitative estimate of drug-likeness (QED) is 0.199. The molecule has 6 heteroatoms. The van der Waals surface area contributed by atoms with Crippen LogP contribution in [0.1, 0.15) is 26.3 Å². The molecule has 5 aromatic carbocycles. The molecule has 47 heavy (non-hydrogen) atoms. The van der Waals surface area contributed by atoms with Gasteiger partial charge < -0.3 is 14.4 Å². The summed E-state index contributed by atoms with van der Waals surface area (Å²) in [6.45, 7) is 7.57. The summed E-state index contributed by atoms with van der Waals surface area (Å²) in [6, 6.07) is 41.9. The van der Waals surface area contributed by atoms with Crippen LogP contribution in [0.15, 0.2) is 134 Å². The van der Waals surface area contributed by atoms with Gasteiger partial charge in [-0.15, -0.1) is 0 Å². The highest BCUT2D eigenvalue weighted by Crippen LogP contribution is 2.39. The van der Waals surface area contributed by atoms with Gasteiger partial charge in [0.15, 0.2) is 0 Å². The molecule has 1 aliphatic heterocycles. The molecule has 0 bridgehead atoms. The van der Waals surface area contributed by atoms with E-state index >= 15 is 0 Å². The van der Waals surface area contributed by atoms with E-state index in [1.807, 2.05) is 23.1 Å². The lowest BCUT2D eigenvalue weighted by molar-refractivity contribution is 0.498. The predicted octanol–water partition coefficient (Wildman–Crippen LogP) is 9.54. The van der Waals surface area contributed by atoms with Crippen LogP contribution in [0.3, 0.4) is 0 Å². The van der Waals surface area contributed by atoms with Gasteiger partial charge >= 0.3 is 0 Å². The van der Waals surface area contributed by atoms with Crippen molar-refractivity contribution in [3.63, 3.8) is 0 Å². The molecule has 8 aromatic rings. The zero-order chi connectivity index (χ0) is 31.9. The second kappa shape index (κ2) is 10.1. The molecule has 0 aliphatic carbocycles. The topological polar surface area (TPSA) is 34.2 Å². The Morgan fingerprint density at radius 3 is 1.79 bits per heavy atom. The van der Waals surface area contributed by atoms with Gasteiger partial charge in [0.05, 0.1) is 34.4 Å². The average molecular weight is 613 g/mol. The summed E-state index contributed by atoms with van der Waals surface area (Å²) >= 11 is 0. The standard InChI is InChI=1S/C41H36N6/c1-41(2,3)28-22-30(45-21-11-20-42-45)24-31(23-28)46-36-15-8-5-14-34(36)35-19-18-29(25-39(35)46)44-26-40(43(4)27-44)47-37-16-9-6-12-32(37)33-13-7-10-17-38(33)47/h5-26H,27H2,1-4H3. The Labute approximate surface area is 274 Å².